The van der Waals surface area contributed by atoms with Gasteiger partial charge in [0.15, 0.2) is 0 Å². The van der Waals surface area contributed by atoms with Crippen LogP contribution < -0.4 is 5.73 Å². The molecule has 24 heavy (non-hydrogen) atoms. The van der Waals surface area contributed by atoms with Gasteiger partial charge in [-0.25, -0.2) is 0 Å². The van der Waals surface area contributed by atoms with E-state index < -0.39 is 0 Å². The van der Waals surface area contributed by atoms with Gasteiger partial charge in [-0.05, 0) is 31.2 Å². The third-order valence-corrected chi connectivity index (χ3v) is 4.39. The molecule has 0 atom stereocenters. The summed E-state index contributed by atoms with van der Waals surface area (Å²) in [4.78, 5) is 25.7. The molecule has 0 radical (unpaired) electrons. The number of carbonyl (C=O) groups excluding carboxylic acids is 2. The second kappa shape index (κ2) is 9.39. The highest BCUT2D eigenvalue weighted by Crippen LogP contribution is 2.22. The predicted molar refractivity (Wildman–Crippen MR) is 90.1 cm³/mol. The fourth-order valence-corrected chi connectivity index (χ4v) is 2.96. The van der Waals surface area contributed by atoms with E-state index in [-0.39, 0.29) is 43.7 Å². The molecule has 0 spiro atoms. The summed E-state index contributed by atoms with van der Waals surface area (Å²) in [5.74, 6) is -0.682. The number of nitrogens with zero attached hydrogens (tertiary/aromatic N) is 1. The molecule has 1 fully saturated rings. The molecule has 6 nitrogen and oxygen atoms in total. The Morgan fingerprint density at radius 3 is 2.33 bits per heavy atom. The highest BCUT2D eigenvalue weighted by molar-refractivity contribution is 5.75. The molecule has 6 heteroatoms. The van der Waals surface area contributed by atoms with Gasteiger partial charge < -0.3 is 15.2 Å². The normalized spacial score (nSPS) is 20.6. The van der Waals surface area contributed by atoms with E-state index in [2.05, 4.69) is 0 Å². The summed E-state index contributed by atoms with van der Waals surface area (Å²) in [6, 6.07) is 9.90. The number of ether oxygens (including phenoxy) is 2. The standard InChI is InChI=1S/C18H26N2O4/c1-23-17(21)11-20(16-9-7-15(19)8-10-16)12-18(22)24-13-14-5-3-2-4-6-14/h2-6,15-16H,7-13,19H2,1H3/t15-,16-. The number of rotatable bonds is 7. The lowest BCUT2D eigenvalue weighted by atomic mass is 9.90. The Bertz CT molecular complexity index is 527. The third-order valence-electron chi connectivity index (χ3n) is 4.39. The van der Waals surface area contributed by atoms with Crippen molar-refractivity contribution in [3.63, 3.8) is 0 Å². The number of hydrogen-bond acceptors (Lipinski definition) is 6. The van der Waals surface area contributed by atoms with Crippen LogP contribution in [0.15, 0.2) is 30.3 Å². The summed E-state index contributed by atoms with van der Waals surface area (Å²) >= 11 is 0. The Balaban J connectivity index is 1.88. The topological polar surface area (TPSA) is 81.9 Å². The molecule has 0 saturated heterocycles. The maximum absolute atomic E-state index is 12.2. The van der Waals surface area contributed by atoms with Crippen LogP contribution >= 0.6 is 0 Å². The zero-order valence-corrected chi connectivity index (χ0v) is 14.1. The molecule has 0 heterocycles. The van der Waals surface area contributed by atoms with Crippen LogP contribution in [0.5, 0.6) is 0 Å². The molecule has 1 aliphatic carbocycles. The van der Waals surface area contributed by atoms with Crippen LogP contribution in [0.1, 0.15) is 31.2 Å². The first kappa shape index (κ1) is 18.4. The first-order valence-electron chi connectivity index (χ1n) is 8.34. The average molecular weight is 334 g/mol. The van der Waals surface area contributed by atoms with Gasteiger partial charge in [-0.3, -0.25) is 14.5 Å². The van der Waals surface area contributed by atoms with Crippen LogP contribution in [-0.4, -0.2) is 49.1 Å². The maximum atomic E-state index is 12.2. The Morgan fingerprint density at radius 1 is 1.08 bits per heavy atom. The molecule has 1 aromatic rings. The van der Waals surface area contributed by atoms with Crippen LogP contribution in [0.2, 0.25) is 0 Å². The van der Waals surface area contributed by atoms with Crippen molar-refractivity contribution in [1.82, 2.24) is 4.90 Å². The fraction of sp³-hybridized carbons (Fsp3) is 0.556. The summed E-state index contributed by atoms with van der Waals surface area (Å²) in [6.07, 6.45) is 3.57. The SMILES string of the molecule is COC(=O)CN(CC(=O)OCc1ccccc1)[C@H]1CC[C@H](N)CC1. The van der Waals surface area contributed by atoms with Crippen LogP contribution in [-0.2, 0) is 25.7 Å². The third kappa shape index (κ3) is 5.94. The quantitative estimate of drug-likeness (QED) is 0.761. The minimum absolute atomic E-state index is 0.0852. The zero-order valence-electron chi connectivity index (χ0n) is 14.1. The first-order valence-corrected chi connectivity index (χ1v) is 8.34. The van der Waals surface area contributed by atoms with Crippen molar-refractivity contribution in [2.75, 3.05) is 20.2 Å². The minimum Gasteiger partial charge on any atom is -0.468 e. The fourth-order valence-electron chi connectivity index (χ4n) is 2.96. The second-order valence-corrected chi connectivity index (χ2v) is 6.20. The summed E-state index contributed by atoms with van der Waals surface area (Å²) in [5.41, 5.74) is 6.88. The molecule has 1 aromatic carbocycles. The van der Waals surface area contributed by atoms with Crippen molar-refractivity contribution >= 4 is 11.9 Å². The summed E-state index contributed by atoms with van der Waals surface area (Å²) in [6.45, 7) is 0.417. The van der Waals surface area contributed by atoms with Gasteiger partial charge in [-0.1, -0.05) is 30.3 Å². The highest BCUT2D eigenvalue weighted by Gasteiger charge is 2.28. The van der Waals surface area contributed by atoms with E-state index in [0.717, 1.165) is 31.2 Å². The van der Waals surface area contributed by atoms with Gasteiger partial charge in [-0.2, -0.15) is 0 Å². The molecule has 0 aromatic heterocycles. The van der Waals surface area contributed by atoms with Gasteiger partial charge in [0.05, 0.1) is 20.2 Å². The largest absolute Gasteiger partial charge is 0.468 e. The van der Waals surface area contributed by atoms with Gasteiger partial charge in [-0.15, -0.1) is 0 Å². The van der Waals surface area contributed by atoms with Gasteiger partial charge in [0.1, 0.15) is 6.61 Å². The van der Waals surface area contributed by atoms with E-state index in [1.807, 2.05) is 35.2 Å². The average Bonchev–Trinajstić information content (AvgIpc) is 2.61. The monoisotopic (exact) mass is 334 g/mol. The Morgan fingerprint density at radius 2 is 1.71 bits per heavy atom. The van der Waals surface area contributed by atoms with Crippen molar-refractivity contribution < 1.29 is 19.1 Å². The molecule has 2 N–H and O–H groups in total. The van der Waals surface area contributed by atoms with E-state index in [1.165, 1.54) is 7.11 Å². The molecule has 132 valence electrons. The van der Waals surface area contributed by atoms with E-state index in [9.17, 15) is 9.59 Å². The molecule has 1 aliphatic rings. The van der Waals surface area contributed by atoms with E-state index in [4.69, 9.17) is 15.2 Å². The molecule has 0 unspecified atom stereocenters. The number of nitrogens with two attached hydrogens (primary N) is 1. The summed E-state index contributed by atoms with van der Waals surface area (Å²) in [5, 5.41) is 0. The minimum atomic E-state index is -0.347. The maximum Gasteiger partial charge on any atom is 0.320 e. The Kier molecular flexibility index (Phi) is 7.21. The molecule has 1 saturated carbocycles. The van der Waals surface area contributed by atoms with Gasteiger partial charge >= 0.3 is 11.9 Å². The number of esters is 2. The zero-order chi connectivity index (χ0) is 17.4. The van der Waals surface area contributed by atoms with Crippen LogP contribution in [0.4, 0.5) is 0 Å². The van der Waals surface area contributed by atoms with Crippen molar-refractivity contribution in [2.24, 2.45) is 5.73 Å². The van der Waals surface area contributed by atoms with Crippen molar-refractivity contribution in [1.29, 1.82) is 0 Å². The summed E-state index contributed by atoms with van der Waals surface area (Å²) in [7, 11) is 1.35. The van der Waals surface area contributed by atoms with Gasteiger partial charge in [0, 0.05) is 12.1 Å². The number of methoxy groups -OCH3 is 1. The predicted octanol–water partition coefficient (Wildman–Crippen LogP) is 1.47. The molecular weight excluding hydrogens is 308 g/mol. The highest BCUT2D eigenvalue weighted by atomic mass is 16.5. The van der Waals surface area contributed by atoms with Gasteiger partial charge in [0.25, 0.3) is 0 Å². The van der Waals surface area contributed by atoms with Crippen LogP contribution in [0.25, 0.3) is 0 Å². The smallest absolute Gasteiger partial charge is 0.320 e. The van der Waals surface area contributed by atoms with Crippen LogP contribution in [0, 0.1) is 0 Å². The summed E-state index contributed by atoms with van der Waals surface area (Å²) < 4.78 is 10.1. The van der Waals surface area contributed by atoms with Crippen molar-refractivity contribution in [3.8, 4) is 0 Å². The molecule has 0 bridgehead atoms. The molecular formula is C18H26N2O4. The van der Waals surface area contributed by atoms with Crippen molar-refractivity contribution in [2.45, 2.75) is 44.4 Å². The molecule has 0 aliphatic heterocycles. The second-order valence-electron chi connectivity index (χ2n) is 6.20. The lowest BCUT2D eigenvalue weighted by molar-refractivity contribution is -0.149. The molecule has 0 amide bonds. The Hall–Kier alpha value is -1.92. The Labute approximate surface area is 142 Å². The number of benzene rings is 1. The lowest BCUT2D eigenvalue weighted by Gasteiger charge is -2.34. The van der Waals surface area contributed by atoms with Crippen molar-refractivity contribution in [3.05, 3.63) is 35.9 Å². The number of hydrogen-bond donors (Lipinski definition) is 1. The number of carbonyl (C=O) groups is 2. The first-order chi connectivity index (χ1) is 11.6. The molecule has 2 rings (SSSR count). The van der Waals surface area contributed by atoms with E-state index >= 15 is 0 Å². The van der Waals surface area contributed by atoms with Gasteiger partial charge in [0.2, 0.25) is 0 Å². The van der Waals surface area contributed by atoms with Crippen LogP contribution in [0.3, 0.4) is 0 Å². The lowest BCUT2D eigenvalue weighted by Crippen LogP contribution is -2.46. The van der Waals surface area contributed by atoms with E-state index in [0.29, 0.717) is 0 Å². The van der Waals surface area contributed by atoms with E-state index in [1.54, 1.807) is 0 Å².